The first-order valence-corrected chi connectivity index (χ1v) is 43.2. The van der Waals surface area contributed by atoms with E-state index < -0.39 is 18.0 Å². The average molecular weight is 1280 g/mol. The lowest BCUT2D eigenvalue weighted by Gasteiger charge is -2.19. The van der Waals surface area contributed by atoms with Crippen molar-refractivity contribution in [3.05, 3.63) is 0 Å². The summed E-state index contributed by atoms with van der Waals surface area (Å²) in [7, 11) is 0. The van der Waals surface area contributed by atoms with Crippen LogP contribution in [0.15, 0.2) is 0 Å². The van der Waals surface area contributed by atoms with Gasteiger partial charge in [-0.15, -0.1) is 0 Å². The van der Waals surface area contributed by atoms with E-state index in [1.807, 2.05) is 0 Å². The van der Waals surface area contributed by atoms with Crippen molar-refractivity contribution >= 4 is 11.8 Å². The van der Waals surface area contributed by atoms with Crippen molar-refractivity contribution in [3.63, 3.8) is 0 Å². The summed E-state index contributed by atoms with van der Waals surface area (Å²) in [4.78, 5) is 24.7. The first kappa shape index (κ1) is 88.1. The van der Waals surface area contributed by atoms with Crippen LogP contribution in [0.2, 0.25) is 0 Å². The first-order chi connectivity index (χ1) is 44.8. The molecule has 91 heavy (non-hydrogen) atoms. The SMILES string of the molecule is CCCCCCCCCCCCCCCCCCCCCCCC[C@@H](C(=O)O)[C@H](O)CCCCCCCCCCCCCCCC[C@H]1CC1[C@@H](C)CCCCCCCCCCCCCCCCCCC(=O)[C@H](C)CCCCCCCCCCCCCCCCCC. The molecule has 1 aliphatic rings. The highest BCUT2D eigenvalue weighted by atomic mass is 16.4. The fourth-order valence-corrected chi connectivity index (χ4v) is 15.7. The summed E-state index contributed by atoms with van der Waals surface area (Å²) in [6.07, 6.45) is 101. The lowest BCUT2D eigenvalue weighted by molar-refractivity contribution is -0.146. The summed E-state index contributed by atoms with van der Waals surface area (Å²) in [5, 5.41) is 20.6. The van der Waals surface area contributed by atoms with Crippen molar-refractivity contribution in [1.29, 1.82) is 0 Å². The van der Waals surface area contributed by atoms with Gasteiger partial charge in [-0.2, -0.15) is 0 Å². The van der Waals surface area contributed by atoms with Crippen molar-refractivity contribution in [1.82, 2.24) is 0 Å². The Balaban J connectivity index is 1.77. The Labute approximate surface area is 573 Å². The van der Waals surface area contributed by atoms with Gasteiger partial charge in [-0.3, -0.25) is 9.59 Å². The molecule has 1 aliphatic carbocycles. The standard InChI is InChI=1S/C87H170O4/c1-5-7-9-11-13-15-17-19-21-23-24-25-26-27-28-33-40-46-52-58-64-70-76-83(87(90)91)86(89)78-72-66-60-54-48-42-36-35-39-45-51-57-63-69-75-82-79-84(82)80(3)73-67-61-55-49-43-37-32-29-30-34-41-47-53-59-65-71-77-85(88)81(4)74-68-62-56-50-44-38-31-22-20-18-16-14-12-10-8-6-2/h80-84,86,89H,5-79H2,1-4H3,(H,90,91)/t80-,81+,82-,83+,84?,86+/m0/s1. The Kier molecular flexibility index (Phi) is 69.6. The van der Waals surface area contributed by atoms with E-state index in [0.717, 1.165) is 62.7 Å². The van der Waals surface area contributed by atoms with Crippen LogP contribution in [0, 0.1) is 29.6 Å². The minimum Gasteiger partial charge on any atom is -0.481 e. The Bertz CT molecular complexity index is 1430. The molecule has 0 amide bonds. The van der Waals surface area contributed by atoms with E-state index in [1.165, 1.54) is 424 Å². The molecule has 1 rings (SSSR count). The lowest BCUT2D eigenvalue weighted by atomic mass is 9.91. The zero-order valence-corrected chi connectivity index (χ0v) is 63.2. The zero-order chi connectivity index (χ0) is 65.7. The monoisotopic (exact) mass is 1280 g/mol. The van der Waals surface area contributed by atoms with Gasteiger partial charge in [0.15, 0.2) is 0 Å². The molecule has 1 fully saturated rings. The van der Waals surface area contributed by atoms with Gasteiger partial charge in [-0.05, 0) is 49.9 Å². The highest BCUT2D eigenvalue weighted by molar-refractivity contribution is 5.80. The molecule has 1 unspecified atom stereocenters. The highest BCUT2D eigenvalue weighted by Gasteiger charge is 2.39. The number of aliphatic hydroxyl groups is 1. The fourth-order valence-electron chi connectivity index (χ4n) is 15.7. The zero-order valence-electron chi connectivity index (χ0n) is 63.2. The average Bonchev–Trinajstić information content (AvgIpc) is 2.01. The molecule has 6 atom stereocenters. The van der Waals surface area contributed by atoms with Crippen molar-refractivity contribution in [3.8, 4) is 0 Å². The maximum absolute atomic E-state index is 12.7. The molecule has 4 nitrogen and oxygen atoms in total. The summed E-state index contributed by atoms with van der Waals surface area (Å²) < 4.78 is 0. The van der Waals surface area contributed by atoms with Crippen LogP contribution in [0.25, 0.3) is 0 Å². The largest absolute Gasteiger partial charge is 0.481 e. The molecule has 0 heterocycles. The van der Waals surface area contributed by atoms with Gasteiger partial charge in [0.05, 0.1) is 12.0 Å². The minimum absolute atomic E-state index is 0.281. The topological polar surface area (TPSA) is 74.6 Å². The third-order valence-electron chi connectivity index (χ3n) is 22.6. The number of ketones is 1. The molecule has 0 spiro atoms. The van der Waals surface area contributed by atoms with E-state index in [9.17, 15) is 19.8 Å². The van der Waals surface area contributed by atoms with Gasteiger partial charge < -0.3 is 10.2 Å². The maximum atomic E-state index is 12.7. The molecule has 0 radical (unpaired) electrons. The fraction of sp³-hybridized carbons (Fsp3) is 0.977. The molecule has 542 valence electrons. The van der Waals surface area contributed by atoms with Crippen LogP contribution < -0.4 is 0 Å². The van der Waals surface area contributed by atoms with E-state index in [4.69, 9.17) is 0 Å². The summed E-state index contributed by atoms with van der Waals surface area (Å²) in [5.74, 6) is 2.49. The second-order valence-electron chi connectivity index (χ2n) is 31.5. The quantitative estimate of drug-likeness (QED) is 0.0595. The predicted octanol–water partition coefficient (Wildman–Crippen LogP) is 30.4. The normalized spacial score (nSPS) is 15.4. The first-order valence-electron chi connectivity index (χ1n) is 43.2. The van der Waals surface area contributed by atoms with Gasteiger partial charge in [0.25, 0.3) is 0 Å². The Morgan fingerprint density at radius 3 is 0.813 bits per heavy atom. The molecule has 0 aromatic carbocycles. The molecule has 0 aromatic rings. The number of carboxylic acid groups (broad SMARTS) is 1. The van der Waals surface area contributed by atoms with Crippen LogP contribution in [0.3, 0.4) is 0 Å². The number of rotatable bonds is 80. The number of carboxylic acids is 1. The number of unbranched alkanes of at least 4 members (excludes halogenated alkanes) is 64. The van der Waals surface area contributed by atoms with Crippen LogP contribution in [-0.4, -0.2) is 28.1 Å². The van der Waals surface area contributed by atoms with Crippen molar-refractivity contribution in [2.24, 2.45) is 29.6 Å². The molecular weight excluding hydrogens is 1110 g/mol. The van der Waals surface area contributed by atoms with Crippen LogP contribution in [0.5, 0.6) is 0 Å². The van der Waals surface area contributed by atoms with Crippen LogP contribution in [0.1, 0.15) is 509 Å². The van der Waals surface area contributed by atoms with Crippen LogP contribution in [-0.2, 0) is 9.59 Å². The Morgan fingerprint density at radius 1 is 0.297 bits per heavy atom. The highest BCUT2D eigenvalue weighted by Crippen LogP contribution is 2.49. The van der Waals surface area contributed by atoms with Crippen LogP contribution >= 0.6 is 0 Å². The second kappa shape index (κ2) is 71.9. The lowest BCUT2D eigenvalue weighted by Crippen LogP contribution is -2.28. The smallest absolute Gasteiger partial charge is 0.309 e. The molecule has 2 N–H and O–H groups in total. The van der Waals surface area contributed by atoms with E-state index in [1.54, 1.807) is 0 Å². The number of aliphatic hydroxyl groups excluding tert-OH is 1. The van der Waals surface area contributed by atoms with Gasteiger partial charge in [0, 0.05) is 12.3 Å². The number of hydrogen-bond acceptors (Lipinski definition) is 3. The molecule has 0 aromatic heterocycles. The number of aliphatic carboxylic acids is 1. The summed E-state index contributed by atoms with van der Waals surface area (Å²) in [5.41, 5.74) is 0. The number of hydrogen-bond donors (Lipinski definition) is 2. The van der Waals surface area contributed by atoms with E-state index >= 15 is 0 Å². The maximum Gasteiger partial charge on any atom is 0.309 e. The molecule has 0 aliphatic heterocycles. The van der Waals surface area contributed by atoms with Gasteiger partial charge in [0.1, 0.15) is 5.78 Å². The summed E-state index contributed by atoms with van der Waals surface area (Å²) >= 11 is 0. The van der Waals surface area contributed by atoms with Gasteiger partial charge in [-0.25, -0.2) is 0 Å². The molecule has 0 bridgehead atoms. The minimum atomic E-state index is -0.800. The number of Topliss-reactive ketones (excluding diaryl/α,β-unsaturated/α-hetero) is 1. The van der Waals surface area contributed by atoms with E-state index in [2.05, 4.69) is 27.7 Å². The van der Waals surface area contributed by atoms with Gasteiger partial charge >= 0.3 is 5.97 Å². The van der Waals surface area contributed by atoms with Crippen LogP contribution in [0.4, 0.5) is 0 Å². The van der Waals surface area contributed by atoms with E-state index in [-0.39, 0.29) is 5.92 Å². The Morgan fingerprint density at radius 2 is 0.527 bits per heavy atom. The molecule has 4 heteroatoms. The van der Waals surface area contributed by atoms with Gasteiger partial charge in [-0.1, -0.05) is 471 Å². The van der Waals surface area contributed by atoms with Crippen molar-refractivity contribution < 1.29 is 19.8 Å². The number of carbonyl (C=O) groups excluding carboxylic acids is 1. The Hall–Kier alpha value is -0.900. The predicted molar refractivity (Wildman–Crippen MR) is 405 cm³/mol. The third kappa shape index (κ3) is 63.6. The number of carbonyl (C=O) groups is 2. The van der Waals surface area contributed by atoms with Crippen molar-refractivity contribution in [2.75, 3.05) is 0 Å². The van der Waals surface area contributed by atoms with E-state index in [0.29, 0.717) is 18.6 Å². The molecule has 1 saturated carbocycles. The second-order valence-corrected chi connectivity index (χ2v) is 31.5. The molecular formula is C87H170O4. The molecule has 0 saturated heterocycles. The van der Waals surface area contributed by atoms with Gasteiger partial charge in [0.2, 0.25) is 0 Å². The third-order valence-corrected chi connectivity index (χ3v) is 22.6. The summed E-state index contributed by atoms with van der Waals surface area (Å²) in [6.45, 7) is 9.36. The summed E-state index contributed by atoms with van der Waals surface area (Å²) in [6, 6.07) is 0. The van der Waals surface area contributed by atoms with Crippen molar-refractivity contribution in [2.45, 2.75) is 515 Å².